The zero-order chi connectivity index (χ0) is 14.7. The number of hydrogen-bond acceptors (Lipinski definition) is 4. The van der Waals surface area contributed by atoms with Gasteiger partial charge in [-0.05, 0) is 45.4 Å². The molecule has 1 saturated heterocycles. The maximum absolute atomic E-state index is 4.43. The van der Waals surface area contributed by atoms with Crippen LogP contribution in [0.4, 0.5) is 0 Å². The molecule has 1 atom stereocenters. The van der Waals surface area contributed by atoms with Crippen LogP contribution in [0.15, 0.2) is 30.9 Å². The Morgan fingerprint density at radius 1 is 1.29 bits per heavy atom. The lowest BCUT2D eigenvalue weighted by Gasteiger charge is -2.32. The van der Waals surface area contributed by atoms with Gasteiger partial charge in [-0.15, -0.1) is 0 Å². The zero-order valence-electron chi connectivity index (χ0n) is 12.8. The molecule has 1 fully saturated rings. The first kappa shape index (κ1) is 14.2. The summed E-state index contributed by atoms with van der Waals surface area (Å²) < 4.78 is 2.12. The molecule has 0 aliphatic carbocycles. The second-order valence-corrected chi connectivity index (χ2v) is 6.07. The van der Waals surface area contributed by atoms with Crippen LogP contribution in [0.1, 0.15) is 50.0 Å². The predicted octanol–water partition coefficient (Wildman–Crippen LogP) is 2.63. The van der Waals surface area contributed by atoms with Gasteiger partial charge in [-0.25, -0.2) is 9.97 Å². The molecule has 1 aliphatic heterocycles. The monoisotopic (exact) mass is 285 g/mol. The molecule has 0 saturated carbocycles. The number of hydrogen-bond donors (Lipinski definition) is 0. The van der Waals surface area contributed by atoms with E-state index in [1.807, 2.05) is 18.5 Å². The molecule has 5 heteroatoms. The van der Waals surface area contributed by atoms with Crippen LogP contribution in [0.5, 0.6) is 0 Å². The second kappa shape index (κ2) is 6.35. The summed E-state index contributed by atoms with van der Waals surface area (Å²) >= 11 is 0. The van der Waals surface area contributed by atoms with Crippen LogP contribution in [-0.4, -0.2) is 37.7 Å². The molecule has 3 heterocycles. The molecule has 2 aromatic heterocycles. The summed E-state index contributed by atoms with van der Waals surface area (Å²) in [6.45, 7) is 7.55. The van der Waals surface area contributed by atoms with Gasteiger partial charge in [0, 0.05) is 43.1 Å². The van der Waals surface area contributed by atoms with Crippen molar-refractivity contribution in [3.63, 3.8) is 0 Å². The fourth-order valence-corrected chi connectivity index (χ4v) is 3.14. The Labute approximate surface area is 126 Å². The Morgan fingerprint density at radius 2 is 2.19 bits per heavy atom. The summed E-state index contributed by atoms with van der Waals surface area (Å²) in [5, 5.41) is 4.43. The second-order valence-electron chi connectivity index (χ2n) is 6.07. The van der Waals surface area contributed by atoms with Crippen molar-refractivity contribution in [3.05, 3.63) is 42.2 Å². The summed E-state index contributed by atoms with van der Waals surface area (Å²) in [5.74, 6) is 0.525. The van der Waals surface area contributed by atoms with Gasteiger partial charge in [-0.3, -0.25) is 9.58 Å². The lowest BCUT2D eigenvalue weighted by molar-refractivity contribution is 0.192. The van der Waals surface area contributed by atoms with E-state index < -0.39 is 0 Å². The average molecular weight is 285 g/mol. The van der Waals surface area contributed by atoms with Crippen LogP contribution in [0.2, 0.25) is 0 Å². The first-order valence-electron chi connectivity index (χ1n) is 7.74. The van der Waals surface area contributed by atoms with E-state index >= 15 is 0 Å². The molecule has 3 rings (SSSR count). The minimum absolute atomic E-state index is 0.414. The molecule has 1 aliphatic rings. The van der Waals surface area contributed by atoms with Gasteiger partial charge in [0.1, 0.15) is 6.33 Å². The smallest absolute Gasteiger partial charge is 0.115 e. The highest BCUT2D eigenvalue weighted by Crippen LogP contribution is 2.26. The van der Waals surface area contributed by atoms with E-state index in [0.717, 1.165) is 19.6 Å². The lowest BCUT2D eigenvalue weighted by Crippen LogP contribution is -2.35. The molecule has 5 nitrogen and oxygen atoms in total. The topological polar surface area (TPSA) is 46.8 Å². The quantitative estimate of drug-likeness (QED) is 0.866. The zero-order valence-corrected chi connectivity index (χ0v) is 12.8. The molecular weight excluding hydrogens is 262 g/mol. The average Bonchev–Trinajstić information content (AvgIpc) is 2.97. The Morgan fingerprint density at radius 3 is 2.95 bits per heavy atom. The highest BCUT2D eigenvalue weighted by atomic mass is 15.3. The highest BCUT2D eigenvalue weighted by molar-refractivity contribution is 5.09. The first-order valence-corrected chi connectivity index (χ1v) is 7.74. The van der Waals surface area contributed by atoms with Crippen molar-refractivity contribution in [2.24, 2.45) is 0 Å². The molecule has 0 bridgehead atoms. The van der Waals surface area contributed by atoms with Gasteiger partial charge in [0.25, 0.3) is 0 Å². The van der Waals surface area contributed by atoms with E-state index in [2.05, 4.69) is 44.6 Å². The number of aromatic nitrogens is 4. The van der Waals surface area contributed by atoms with Crippen molar-refractivity contribution in [1.82, 2.24) is 24.6 Å². The van der Waals surface area contributed by atoms with Gasteiger partial charge in [0.15, 0.2) is 0 Å². The molecule has 0 radical (unpaired) electrons. The summed E-state index contributed by atoms with van der Waals surface area (Å²) in [5.41, 5.74) is 2.47. The largest absolute Gasteiger partial charge is 0.297 e. The Hall–Kier alpha value is -1.75. The van der Waals surface area contributed by atoms with Crippen LogP contribution < -0.4 is 0 Å². The summed E-state index contributed by atoms with van der Waals surface area (Å²) in [6.07, 6.45) is 7.85. The van der Waals surface area contributed by atoms with Gasteiger partial charge in [0.05, 0.1) is 5.69 Å². The molecule has 0 N–H and O–H groups in total. The van der Waals surface area contributed by atoms with Gasteiger partial charge in [-0.2, -0.15) is 5.10 Å². The van der Waals surface area contributed by atoms with Gasteiger partial charge in [0.2, 0.25) is 0 Å². The van der Waals surface area contributed by atoms with Crippen LogP contribution in [0.3, 0.4) is 0 Å². The van der Waals surface area contributed by atoms with Crippen molar-refractivity contribution in [2.45, 2.75) is 45.2 Å². The lowest BCUT2D eigenvalue weighted by atomic mass is 9.94. The number of piperidine rings is 1. The van der Waals surface area contributed by atoms with Crippen molar-refractivity contribution in [3.8, 4) is 0 Å². The molecular formula is C16H23N5. The van der Waals surface area contributed by atoms with Gasteiger partial charge < -0.3 is 0 Å². The van der Waals surface area contributed by atoms with Crippen LogP contribution in [-0.2, 0) is 6.54 Å². The summed E-state index contributed by atoms with van der Waals surface area (Å²) in [6, 6.07) is 4.60. The molecule has 0 amide bonds. The maximum Gasteiger partial charge on any atom is 0.115 e. The normalized spacial score (nSPS) is 20.0. The van der Waals surface area contributed by atoms with E-state index in [-0.39, 0.29) is 0 Å². The van der Waals surface area contributed by atoms with Crippen molar-refractivity contribution in [1.29, 1.82) is 0 Å². The Bertz CT molecular complexity index is 563. The van der Waals surface area contributed by atoms with E-state index in [1.54, 1.807) is 6.33 Å². The fraction of sp³-hybridized carbons (Fsp3) is 0.562. The molecule has 112 valence electrons. The van der Waals surface area contributed by atoms with E-state index in [1.165, 1.54) is 24.2 Å². The third-order valence-electron chi connectivity index (χ3n) is 4.16. The number of rotatable bonds is 4. The van der Waals surface area contributed by atoms with Gasteiger partial charge >= 0.3 is 0 Å². The fourth-order valence-electron chi connectivity index (χ4n) is 3.14. The Balaban J connectivity index is 1.68. The SMILES string of the molecule is CC(C)n1nccc1CN1CCCC(c2ccncn2)C1. The molecule has 21 heavy (non-hydrogen) atoms. The van der Waals surface area contributed by atoms with E-state index in [0.29, 0.717) is 12.0 Å². The molecule has 0 spiro atoms. The highest BCUT2D eigenvalue weighted by Gasteiger charge is 2.23. The van der Waals surface area contributed by atoms with Crippen LogP contribution >= 0.6 is 0 Å². The van der Waals surface area contributed by atoms with Crippen molar-refractivity contribution < 1.29 is 0 Å². The number of nitrogens with zero attached hydrogens (tertiary/aromatic N) is 5. The summed E-state index contributed by atoms with van der Waals surface area (Å²) in [4.78, 5) is 11.0. The van der Waals surface area contributed by atoms with E-state index in [9.17, 15) is 0 Å². The summed E-state index contributed by atoms with van der Waals surface area (Å²) in [7, 11) is 0. The third-order valence-corrected chi connectivity index (χ3v) is 4.16. The molecule has 2 aromatic rings. The van der Waals surface area contributed by atoms with Crippen LogP contribution in [0.25, 0.3) is 0 Å². The van der Waals surface area contributed by atoms with Crippen LogP contribution in [0, 0.1) is 0 Å². The van der Waals surface area contributed by atoms with Crippen molar-refractivity contribution in [2.75, 3.05) is 13.1 Å². The first-order chi connectivity index (χ1) is 10.2. The minimum Gasteiger partial charge on any atom is -0.297 e. The molecule has 1 unspecified atom stereocenters. The van der Waals surface area contributed by atoms with Gasteiger partial charge in [-0.1, -0.05) is 0 Å². The predicted molar refractivity (Wildman–Crippen MR) is 81.9 cm³/mol. The number of likely N-dealkylation sites (tertiary alicyclic amines) is 1. The van der Waals surface area contributed by atoms with E-state index in [4.69, 9.17) is 0 Å². The standard InChI is InChI=1S/C16H23N5/c1-13(2)21-15(5-8-19-21)11-20-9-3-4-14(10-20)16-6-7-17-12-18-16/h5-8,12-14H,3-4,9-11H2,1-2H3. The third kappa shape index (κ3) is 3.29. The maximum atomic E-state index is 4.43. The Kier molecular flexibility index (Phi) is 4.29. The minimum atomic E-state index is 0.414. The molecule has 0 aromatic carbocycles. The van der Waals surface area contributed by atoms with Crippen molar-refractivity contribution >= 4 is 0 Å².